The van der Waals surface area contributed by atoms with Crippen LogP contribution in [0.5, 0.6) is 0 Å². The number of allylic oxidation sites excluding steroid dienone is 6. The molecule has 28 heavy (non-hydrogen) atoms. The number of pyridine rings is 1. The zero-order valence-corrected chi connectivity index (χ0v) is 19.0. The van der Waals surface area contributed by atoms with Gasteiger partial charge in [-0.15, -0.1) is 0 Å². The number of nitrogens with zero attached hydrogens (tertiary/aromatic N) is 1. The topological polar surface area (TPSA) is 12.9 Å². The average molecular weight is 378 g/mol. The lowest BCUT2D eigenvalue weighted by molar-refractivity contribution is 0.526. The molecule has 2 unspecified atom stereocenters. The Kier molecular flexibility index (Phi) is 11.2. The van der Waals surface area contributed by atoms with Crippen molar-refractivity contribution in [3.05, 3.63) is 72.1 Å². The molecule has 152 valence electrons. The van der Waals surface area contributed by atoms with Crippen LogP contribution in [0.2, 0.25) is 0 Å². The van der Waals surface area contributed by atoms with Gasteiger partial charge in [-0.2, -0.15) is 0 Å². The molecular formula is C27H39N. The lowest BCUT2D eigenvalue weighted by Crippen LogP contribution is -2.15. The van der Waals surface area contributed by atoms with Crippen molar-refractivity contribution in [1.29, 1.82) is 0 Å². The van der Waals surface area contributed by atoms with Gasteiger partial charge in [0.25, 0.3) is 0 Å². The molecule has 0 fully saturated rings. The van der Waals surface area contributed by atoms with Gasteiger partial charge in [0, 0.05) is 11.6 Å². The molecule has 1 aromatic carbocycles. The SMILES string of the molecule is CC.CCC.CCC=CC(C)C1CC=C(C)C=C1c1nccc2ccccc12. The summed E-state index contributed by atoms with van der Waals surface area (Å²) in [6, 6.07) is 10.7. The summed E-state index contributed by atoms with van der Waals surface area (Å²) in [5.41, 5.74) is 3.88. The van der Waals surface area contributed by atoms with Crippen LogP contribution in [0.15, 0.2) is 66.4 Å². The fourth-order valence-electron chi connectivity index (χ4n) is 3.43. The van der Waals surface area contributed by atoms with E-state index in [0.717, 1.165) is 18.5 Å². The molecule has 1 heterocycles. The lowest BCUT2D eigenvalue weighted by Gasteiger charge is -2.27. The maximum absolute atomic E-state index is 4.76. The van der Waals surface area contributed by atoms with Gasteiger partial charge in [0.1, 0.15) is 0 Å². The van der Waals surface area contributed by atoms with E-state index in [1.54, 1.807) is 0 Å². The first kappa shape index (κ1) is 23.9. The maximum Gasteiger partial charge on any atom is 0.0743 e. The molecule has 1 aromatic heterocycles. The molecule has 0 N–H and O–H groups in total. The molecule has 2 aromatic rings. The van der Waals surface area contributed by atoms with Gasteiger partial charge in [0.2, 0.25) is 0 Å². The minimum absolute atomic E-state index is 0.500. The zero-order valence-electron chi connectivity index (χ0n) is 19.0. The van der Waals surface area contributed by atoms with E-state index in [1.165, 1.54) is 28.3 Å². The van der Waals surface area contributed by atoms with E-state index in [1.807, 2.05) is 20.0 Å². The van der Waals surface area contributed by atoms with Crippen molar-refractivity contribution in [2.24, 2.45) is 11.8 Å². The molecule has 0 spiro atoms. The van der Waals surface area contributed by atoms with E-state index in [-0.39, 0.29) is 0 Å². The van der Waals surface area contributed by atoms with Gasteiger partial charge in [-0.25, -0.2) is 0 Å². The molecule has 3 rings (SSSR count). The Morgan fingerprint density at radius 2 is 1.79 bits per heavy atom. The minimum atomic E-state index is 0.500. The molecule has 0 aliphatic heterocycles. The minimum Gasteiger partial charge on any atom is -0.256 e. The quantitative estimate of drug-likeness (QED) is 0.486. The summed E-state index contributed by atoms with van der Waals surface area (Å²) in [6.07, 6.45) is 14.7. The Bertz CT molecular complexity index is 790. The van der Waals surface area contributed by atoms with Crippen LogP contribution in [0.3, 0.4) is 0 Å². The Labute approximate surface area is 173 Å². The Hall–Kier alpha value is -2.15. The summed E-state index contributed by atoms with van der Waals surface area (Å²) in [5, 5.41) is 2.52. The molecule has 0 bridgehead atoms. The second-order valence-corrected chi connectivity index (χ2v) is 7.17. The average Bonchev–Trinajstić information content (AvgIpc) is 2.73. The molecule has 1 aliphatic rings. The number of rotatable bonds is 4. The van der Waals surface area contributed by atoms with Gasteiger partial charge in [-0.1, -0.05) is 102 Å². The van der Waals surface area contributed by atoms with E-state index in [9.17, 15) is 0 Å². The maximum atomic E-state index is 4.76. The normalized spacial score (nSPS) is 17.0. The fourth-order valence-corrected chi connectivity index (χ4v) is 3.43. The van der Waals surface area contributed by atoms with Crippen molar-refractivity contribution in [1.82, 2.24) is 4.98 Å². The smallest absolute Gasteiger partial charge is 0.0743 e. The van der Waals surface area contributed by atoms with Crippen LogP contribution >= 0.6 is 0 Å². The van der Waals surface area contributed by atoms with E-state index >= 15 is 0 Å². The van der Waals surface area contributed by atoms with Crippen molar-refractivity contribution >= 4 is 16.3 Å². The third-order valence-electron chi connectivity index (χ3n) is 4.73. The third kappa shape index (κ3) is 6.48. The molecular weight excluding hydrogens is 338 g/mol. The standard InChI is InChI=1S/C22H25N.C3H8.C2H6/c1-4-5-8-17(3)19-12-11-16(2)15-21(19)22-20-10-7-6-9-18(20)13-14-23-22;1-3-2;1-2/h5-11,13-15,17,19H,4,12H2,1-3H3;3H2,1-2H3;1-2H3. The van der Waals surface area contributed by atoms with Gasteiger partial charge in [0.05, 0.1) is 5.69 Å². The highest BCUT2D eigenvalue weighted by molar-refractivity contribution is 5.93. The van der Waals surface area contributed by atoms with E-state index in [0.29, 0.717) is 11.8 Å². The highest BCUT2D eigenvalue weighted by Crippen LogP contribution is 2.38. The molecule has 0 amide bonds. The molecule has 0 saturated heterocycles. The van der Waals surface area contributed by atoms with Gasteiger partial charge in [0.15, 0.2) is 0 Å². The summed E-state index contributed by atoms with van der Waals surface area (Å²) in [7, 11) is 0. The second kappa shape index (κ2) is 13.1. The summed E-state index contributed by atoms with van der Waals surface area (Å²) >= 11 is 0. The van der Waals surface area contributed by atoms with Crippen molar-refractivity contribution in [3.63, 3.8) is 0 Å². The van der Waals surface area contributed by atoms with Gasteiger partial charge in [-0.05, 0) is 48.6 Å². The largest absolute Gasteiger partial charge is 0.256 e. The van der Waals surface area contributed by atoms with E-state index in [4.69, 9.17) is 4.98 Å². The molecule has 1 aliphatic carbocycles. The van der Waals surface area contributed by atoms with Crippen molar-refractivity contribution in [2.45, 2.75) is 67.7 Å². The number of fused-ring (bicyclic) bond motifs is 1. The van der Waals surface area contributed by atoms with Crippen LogP contribution < -0.4 is 0 Å². The molecule has 1 nitrogen and oxygen atoms in total. The summed E-state index contributed by atoms with van der Waals surface area (Å²) in [4.78, 5) is 4.76. The predicted octanol–water partition coefficient (Wildman–Crippen LogP) is 8.63. The summed E-state index contributed by atoms with van der Waals surface area (Å²) < 4.78 is 0. The summed E-state index contributed by atoms with van der Waals surface area (Å²) in [6.45, 7) is 15.0. The first-order valence-corrected chi connectivity index (χ1v) is 11.0. The fraction of sp³-hybridized carbons (Fsp3) is 0.444. The Morgan fingerprint density at radius 1 is 1.11 bits per heavy atom. The van der Waals surface area contributed by atoms with Gasteiger partial charge >= 0.3 is 0 Å². The van der Waals surface area contributed by atoms with Crippen LogP contribution in [0.4, 0.5) is 0 Å². The lowest BCUT2D eigenvalue weighted by atomic mass is 9.78. The zero-order chi connectivity index (χ0) is 20.9. The van der Waals surface area contributed by atoms with Crippen molar-refractivity contribution < 1.29 is 0 Å². The molecule has 0 radical (unpaired) electrons. The van der Waals surface area contributed by atoms with Crippen LogP contribution in [-0.2, 0) is 0 Å². The molecule has 2 atom stereocenters. The molecule has 0 saturated carbocycles. The van der Waals surface area contributed by atoms with E-state index in [2.05, 4.69) is 89.3 Å². The van der Waals surface area contributed by atoms with Crippen LogP contribution in [-0.4, -0.2) is 4.98 Å². The van der Waals surface area contributed by atoms with Crippen LogP contribution in [0.1, 0.15) is 73.4 Å². The number of benzene rings is 1. The Balaban J connectivity index is 0.000000717. The van der Waals surface area contributed by atoms with Crippen molar-refractivity contribution in [3.8, 4) is 0 Å². The van der Waals surface area contributed by atoms with Crippen LogP contribution in [0, 0.1) is 11.8 Å². The monoisotopic (exact) mass is 377 g/mol. The highest BCUT2D eigenvalue weighted by Gasteiger charge is 2.24. The van der Waals surface area contributed by atoms with Crippen LogP contribution in [0.25, 0.3) is 16.3 Å². The van der Waals surface area contributed by atoms with Gasteiger partial charge < -0.3 is 0 Å². The summed E-state index contributed by atoms with van der Waals surface area (Å²) in [5.74, 6) is 1.02. The number of hydrogen-bond donors (Lipinski definition) is 0. The van der Waals surface area contributed by atoms with Crippen molar-refractivity contribution in [2.75, 3.05) is 0 Å². The number of aromatic nitrogens is 1. The number of hydrogen-bond acceptors (Lipinski definition) is 1. The molecule has 1 heteroatoms. The predicted molar refractivity (Wildman–Crippen MR) is 127 cm³/mol. The highest BCUT2D eigenvalue weighted by atomic mass is 14.7. The second-order valence-electron chi connectivity index (χ2n) is 7.17. The van der Waals surface area contributed by atoms with E-state index < -0.39 is 0 Å². The third-order valence-corrected chi connectivity index (χ3v) is 4.73. The van der Waals surface area contributed by atoms with Gasteiger partial charge in [-0.3, -0.25) is 4.98 Å². The first-order valence-electron chi connectivity index (χ1n) is 11.0. The Morgan fingerprint density at radius 3 is 2.46 bits per heavy atom. The first-order chi connectivity index (χ1) is 13.6.